The number of nitriles is 1. The van der Waals surface area contributed by atoms with Gasteiger partial charge in [-0.05, 0) is 59.2 Å². The van der Waals surface area contributed by atoms with Crippen LogP contribution in [0.4, 0.5) is 0 Å². The summed E-state index contributed by atoms with van der Waals surface area (Å²) in [5, 5.41) is 21.6. The van der Waals surface area contributed by atoms with Crippen molar-refractivity contribution in [3.05, 3.63) is 64.7 Å². The molecule has 3 aromatic rings. The number of nitrogens with zero attached hydrogens (tertiary/aromatic N) is 5. The van der Waals surface area contributed by atoms with Gasteiger partial charge in [-0.3, -0.25) is 0 Å². The van der Waals surface area contributed by atoms with Gasteiger partial charge in [0.2, 0.25) is 5.16 Å². The summed E-state index contributed by atoms with van der Waals surface area (Å²) >= 11 is 1.57. The highest BCUT2D eigenvalue weighted by Crippen LogP contribution is 2.25. The Hall–Kier alpha value is -2.65. The first-order valence-corrected chi connectivity index (χ1v) is 8.14. The molecule has 0 N–H and O–H groups in total. The summed E-state index contributed by atoms with van der Waals surface area (Å²) in [5.41, 5.74) is 5.17. The van der Waals surface area contributed by atoms with Crippen molar-refractivity contribution in [2.24, 2.45) is 0 Å². The van der Waals surface area contributed by atoms with E-state index in [4.69, 9.17) is 5.26 Å². The molecule has 0 saturated carbocycles. The number of thioether (sulfide) groups is 1. The maximum absolute atomic E-state index is 8.83. The second kappa shape index (κ2) is 6.63. The maximum Gasteiger partial charge on any atom is 0.214 e. The third kappa shape index (κ3) is 3.25. The lowest BCUT2D eigenvalue weighted by Crippen LogP contribution is -2.02. The summed E-state index contributed by atoms with van der Waals surface area (Å²) in [6.07, 6.45) is 0. The monoisotopic (exact) mass is 321 g/mol. The van der Waals surface area contributed by atoms with Gasteiger partial charge in [0.15, 0.2) is 0 Å². The lowest BCUT2D eigenvalue weighted by Gasteiger charge is -2.09. The van der Waals surface area contributed by atoms with Gasteiger partial charge in [0.1, 0.15) is 0 Å². The lowest BCUT2D eigenvalue weighted by molar-refractivity contribution is 0.751. The van der Waals surface area contributed by atoms with E-state index in [-0.39, 0.29) is 0 Å². The molecule has 0 aliphatic heterocycles. The van der Waals surface area contributed by atoms with Crippen LogP contribution in [0.1, 0.15) is 22.3 Å². The highest BCUT2D eigenvalue weighted by Gasteiger charge is 2.12. The van der Waals surface area contributed by atoms with E-state index in [0.717, 1.165) is 22.2 Å². The molecule has 0 saturated heterocycles. The van der Waals surface area contributed by atoms with Crippen LogP contribution >= 0.6 is 11.8 Å². The van der Waals surface area contributed by atoms with Gasteiger partial charge in [-0.25, -0.2) is 0 Å². The highest BCUT2D eigenvalue weighted by molar-refractivity contribution is 7.98. The fourth-order valence-electron chi connectivity index (χ4n) is 2.21. The topological polar surface area (TPSA) is 67.4 Å². The van der Waals surface area contributed by atoms with Crippen molar-refractivity contribution in [3.8, 4) is 11.8 Å². The second-order valence-electron chi connectivity index (χ2n) is 5.19. The molecule has 23 heavy (non-hydrogen) atoms. The third-order valence-corrected chi connectivity index (χ3v) is 4.69. The molecule has 0 bridgehead atoms. The first kappa shape index (κ1) is 15.3. The van der Waals surface area contributed by atoms with E-state index in [1.165, 1.54) is 11.1 Å². The average Bonchev–Trinajstić information content (AvgIpc) is 3.04. The molecule has 3 rings (SSSR count). The van der Waals surface area contributed by atoms with Crippen molar-refractivity contribution in [1.29, 1.82) is 5.26 Å². The number of hydrogen-bond donors (Lipinski definition) is 0. The largest absolute Gasteiger partial charge is 0.214 e. The molecule has 0 fully saturated rings. The second-order valence-corrected chi connectivity index (χ2v) is 6.13. The molecule has 1 heterocycles. The molecule has 0 aliphatic rings. The van der Waals surface area contributed by atoms with Crippen LogP contribution < -0.4 is 0 Å². The van der Waals surface area contributed by atoms with Crippen molar-refractivity contribution in [1.82, 2.24) is 20.2 Å². The van der Waals surface area contributed by atoms with Crippen LogP contribution in [0, 0.1) is 25.2 Å². The van der Waals surface area contributed by atoms with Gasteiger partial charge >= 0.3 is 0 Å². The van der Waals surface area contributed by atoms with Gasteiger partial charge in [-0.15, -0.1) is 5.10 Å². The highest BCUT2D eigenvalue weighted by atomic mass is 32.2. The number of tetrazole rings is 1. The van der Waals surface area contributed by atoms with Crippen molar-refractivity contribution >= 4 is 11.8 Å². The molecule has 0 atom stereocenters. The van der Waals surface area contributed by atoms with E-state index in [9.17, 15) is 0 Å². The van der Waals surface area contributed by atoms with Crippen LogP contribution in [-0.4, -0.2) is 20.2 Å². The standard InChI is InChI=1S/C17H15N5S/c1-12-4-3-5-16(13(12)2)22-17(19-20-21-22)23-11-15-8-6-14(10-18)7-9-15/h3-9H,11H2,1-2H3. The quantitative estimate of drug-likeness (QED) is 0.689. The molecule has 0 spiro atoms. The van der Waals surface area contributed by atoms with Gasteiger partial charge < -0.3 is 0 Å². The van der Waals surface area contributed by atoms with E-state index in [1.807, 2.05) is 36.4 Å². The Labute approximate surface area is 139 Å². The zero-order valence-electron chi connectivity index (χ0n) is 12.9. The summed E-state index contributed by atoms with van der Waals surface area (Å²) in [5.74, 6) is 0.747. The molecule has 2 aromatic carbocycles. The van der Waals surface area contributed by atoms with E-state index < -0.39 is 0 Å². The molecule has 0 aliphatic carbocycles. The van der Waals surface area contributed by atoms with Crippen LogP contribution in [0.3, 0.4) is 0 Å². The van der Waals surface area contributed by atoms with Crippen molar-refractivity contribution < 1.29 is 0 Å². The van der Waals surface area contributed by atoms with Crippen molar-refractivity contribution in [2.45, 2.75) is 24.8 Å². The van der Waals surface area contributed by atoms with E-state index in [0.29, 0.717) is 5.56 Å². The molecule has 114 valence electrons. The number of aromatic nitrogens is 4. The van der Waals surface area contributed by atoms with Crippen LogP contribution in [0.2, 0.25) is 0 Å². The Bertz CT molecular complexity index is 861. The Balaban J connectivity index is 1.81. The molecule has 0 amide bonds. The fraction of sp³-hybridized carbons (Fsp3) is 0.176. The third-order valence-electron chi connectivity index (χ3n) is 3.70. The lowest BCUT2D eigenvalue weighted by atomic mass is 10.1. The smallest absolute Gasteiger partial charge is 0.192 e. The first-order valence-electron chi connectivity index (χ1n) is 7.16. The minimum absolute atomic E-state index is 0.666. The number of rotatable bonds is 4. The Kier molecular flexibility index (Phi) is 4.40. The summed E-state index contributed by atoms with van der Waals surface area (Å²) in [6, 6.07) is 15.8. The minimum Gasteiger partial charge on any atom is -0.192 e. The van der Waals surface area contributed by atoms with Gasteiger partial charge in [0.25, 0.3) is 0 Å². The van der Waals surface area contributed by atoms with E-state index >= 15 is 0 Å². The van der Waals surface area contributed by atoms with Crippen LogP contribution in [0.25, 0.3) is 5.69 Å². The predicted molar refractivity (Wildman–Crippen MR) is 89.3 cm³/mol. The zero-order chi connectivity index (χ0) is 16.2. The first-order chi connectivity index (χ1) is 11.2. The van der Waals surface area contributed by atoms with Crippen LogP contribution in [-0.2, 0) is 5.75 Å². The SMILES string of the molecule is Cc1cccc(-n2nnnc2SCc2ccc(C#N)cc2)c1C. The minimum atomic E-state index is 0.666. The molecular formula is C17H15N5S. The number of aryl methyl sites for hydroxylation is 1. The van der Waals surface area contributed by atoms with Gasteiger partial charge in [-0.2, -0.15) is 9.94 Å². The molecular weight excluding hydrogens is 306 g/mol. The molecule has 6 heteroatoms. The molecule has 1 aromatic heterocycles. The number of benzene rings is 2. The summed E-state index contributed by atoms with van der Waals surface area (Å²) in [6.45, 7) is 4.15. The number of hydrogen-bond acceptors (Lipinski definition) is 5. The van der Waals surface area contributed by atoms with Gasteiger partial charge in [-0.1, -0.05) is 36.0 Å². The van der Waals surface area contributed by atoms with Crippen molar-refractivity contribution in [3.63, 3.8) is 0 Å². The van der Waals surface area contributed by atoms with Crippen molar-refractivity contribution in [2.75, 3.05) is 0 Å². The molecule has 5 nitrogen and oxygen atoms in total. The van der Waals surface area contributed by atoms with Gasteiger partial charge in [0.05, 0.1) is 17.3 Å². The molecule has 0 radical (unpaired) electrons. The Morgan fingerprint density at radius 2 is 1.91 bits per heavy atom. The molecule has 0 unspecified atom stereocenters. The Morgan fingerprint density at radius 3 is 2.65 bits per heavy atom. The Morgan fingerprint density at radius 1 is 1.13 bits per heavy atom. The van der Waals surface area contributed by atoms with Crippen LogP contribution in [0.15, 0.2) is 47.6 Å². The zero-order valence-corrected chi connectivity index (χ0v) is 13.7. The summed E-state index contributed by atoms with van der Waals surface area (Å²) in [7, 11) is 0. The van der Waals surface area contributed by atoms with Gasteiger partial charge in [0, 0.05) is 5.75 Å². The van der Waals surface area contributed by atoms with E-state index in [1.54, 1.807) is 16.4 Å². The summed E-state index contributed by atoms with van der Waals surface area (Å²) in [4.78, 5) is 0. The average molecular weight is 321 g/mol. The normalized spacial score (nSPS) is 10.5. The maximum atomic E-state index is 8.83. The van der Waals surface area contributed by atoms with Crippen LogP contribution in [0.5, 0.6) is 0 Å². The fourth-order valence-corrected chi connectivity index (χ4v) is 3.05. The summed E-state index contributed by atoms with van der Waals surface area (Å²) < 4.78 is 1.77. The van der Waals surface area contributed by atoms with E-state index in [2.05, 4.69) is 41.5 Å². The predicted octanol–water partition coefficient (Wildman–Crippen LogP) is 3.44.